The van der Waals surface area contributed by atoms with Crippen molar-refractivity contribution in [1.82, 2.24) is 10.2 Å². The van der Waals surface area contributed by atoms with Gasteiger partial charge in [-0.15, -0.1) is 0 Å². The van der Waals surface area contributed by atoms with Gasteiger partial charge >= 0.3 is 6.03 Å². The fraction of sp³-hybridized carbons (Fsp3) is 0.381. The smallest absolute Gasteiger partial charge is 0.319 e. The van der Waals surface area contributed by atoms with Crippen LogP contribution in [0.4, 0.5) is 16.2 Å². The van der Waals surface area contributed by atoms with Crippen molar-refractivity contribution < 1.29 is 14.3 Å². The van der Waals surface area contributed by atoms with Crippen molar-refractivity contribution in [3.63, 3.8) is 0 Å². The second kappa shape index (κ2) is 9.85. The number of rotatable bonds is 8. The number of hydrogen-bond acceptors (Lipinski definition) is 5. The fourth-order valence-corrected chi connectivity index (χ4v) is 2.84. The van der Waals surface area contributed by atoms with Crippen LogP contribution in [-0.4, -0.2) is 59.9 Å². The summed E-state index contributed by atoms with van der Waals surface area (Å²) in [4.78, 5) is 16.5. The number of nitrogens with one attached hydrogen (secondary N) is 2. The Kier molecular flexibility index (Phi) is 7.52. The normalized spacial score (nSPS) is 11.7. The summed E-state index contributed by atoms with van der Waals surface area (Å²) in [6.07, 6.45) is 0. The zero-order chi connectivity index (χ0) is 20.7. The number of nitrogens with zero attached hydrogens (tertiary/aromatic N) is 2. The van der Waals surface area contributed by atoms with Gasteiger partial charge < -0.3 is 29.9 Å². The highest BCUT2D eigenvalue weighted by Gasteiger charge is 2.16. The van der Waals surface area contributed by atoms with E-state index in [0.717, 1.165) is 11.3 Å². The van der Waals surface area contributed by atoms with Crippen LogP contribution in [0.1, 0.15) is 11.6 Å². The highest BCUT2D eigenvalue weighted by molar-refractivity contribution is 5.89. The average Bonchev–Trinajstić information content (AvgIpc) is 2.67. The monoisotopic (exact) mass is 386 g/mol. The minimum absolute atomic E-state index is 0.0572. The van der Waals surface area contributed by atoms with Crippen LogP contribution in [-0.2, 0) is 0 Å². The van der Waals surface area contributed by atoms with E-state index in [1.165, 1.54) is 0 Å². The molecule has 152 valence electrons. The zero-order valence-electron chi connectivity index (χ0n) is 17.4. The van der Waals surface area contributed by atoms with Crippen LogP contribution in [0.25, 0.3) is 0 Å². The minimum atomic E-state index is -0.285. The van der Waals surface area contributed by atoms with Crippen LogP contribution < -0.4 is 25.0 Å². The Balaban J connectivity index is 2.02. The predicted octanol–water partition coefficient (Wildman–Crippen LogP) is 3.19. The number of carbonyl (C=O) groups excluding carboxylic acids is 1. The Bertz CT molecular complexity index is 753. The van der Waals surface area contributed by atoms with Gasteiger partial charge in [-0.3, -0.25) is 0 Å². The lowest BCUT2D eigenvalue weighted by atomic mass is 10.1. The molecule has 0 aliphatic heterocycles. The van der Waals surface area contributed by atoms with Crippen molar-refractivity contribution in [2.45, 2.75) is 6.04 Å². The van der Waals surface area contributed by atoms with Gasteiger partial charge in [0.15, 0.2) is 0 Å². The molecule has 0 fully saturated rings. The van der Waals surface area contributed by atoms with E-state index in [4.69, 9.17) is 9.47 Å². The summed E-state index contributed by atoms with van der Waals surface area (Å²) in [6, 6.07) is 13.3. The second-order valence-corrected chi connectivity index (χ2v) is 6.90. The SMILES string of the molecule is COc1cc(NC(=O)NC[C@@H](c2ccc(N(C)C)cc2)N(C)C)cc(OC)c1. The van der Waals surface area contributed by atoms with E-state index >= 15 is 0 Å². The molecular formula is C21H30N4O3. The molecule has 2 N–H and O–H groups in total. The maximum Gasteiger partial charge on any atom is 0.319 e. The van der Waals surface area contributed by atoms with Crippen LogP contribution in [0.2, 0.25) is 0 Å². The zero-order valence-corrected chi connectivity index (χ0v) is 17.4. The second-order valence-electron chi connectivity index (χ2n) is 6.90. The molecule has 7 nitrogen and oxygen atoms in total. The van der Waals surface area contributed by atoms with Gasteiger partial charge in [0.05, 0.1) is 20.3 Å². The number of hydrogen-bond donors (Lipinski definition) is 2. The van der Waals surface area contributed by atoms with Gasteiger partial charge in [0.25, 0.3) is 0 Å². The summed E-state index contributed by atoms with van der Waals surface area (Å²) in [5.41, 5.74) is 2.88. The van der Waals surface area contributed by atoms with Crippen LogP contribution in [0.3, 0.4) is 0 Å². The van der Waals surface area contributed by atoms with Crippen molar-refractivity contribution in [2.75, 3.05) is 59.2 Å². The number of methoxy groups -OCH3 is 2. The molecule has 0 aliphatic carbocycles. The maximum absolute atomic E-state index is 12.4. The molecule has 0 aliphatic rings. The van der Waals surface area contributed by atoms with E-state index in [1.54, 1.807) is 32.4 Å². The maximum atomic E-state index is 12.4. The lowest BCUT2D eigenvalue weighted by Crippen LogP contribution is -2.36. The summed E-state index contributed by atoms with van der Waals surface area (Å²) in [5, 5.41) is 5.77. The highest BCUT2D eigenvalue weighted by Crippen LogP contribution is 2.26. The molecule has 0 radical (unpaired) electrons. The van der Waals surface area contributed by atoms with Gasteiger partial charge in [0.2, 0.25) is 0 Å². The first-order valence-electron chi connectivity index (χ1n) is 9.05. The first kappa shape index (κ1) is 21.4. The van der Waals surface area contributed by atoms with Gasteiger partial charge in [-0.05, 0) is 31.8 Å². The minimum Gasteiger partial charge on any atom is -0.497 e. The van der Waals surface area contributed by atoms with Gasteiger partial charge in [-0.1, -0.05) is 12.1 Å². The third kappa shape index (κ3) is 5.79. The molecular weight excluding hydrogens is 356 g/mol. The van der Waals surface area contributed by atoms with E-state index in [9.17, 15) is 4.79 Å². The average molecular weight is 386 g/mol. The number of amides is 2. The summed E-state index contributed by atoms with van der Waals surface area (Å²) < 4.78 is 10.5. The number of anilines is 2. The molecule has 0 unspecified atom stereocenters. The van der Waals surface area contributed by atoms with E-state index in [0.29, 0.717) is 23.7 Å². The first-order chi connectivity index (χ1) is 13.3. The van der Waals surface area contributed by atoms with Crippen molar-refractivity contribution in [3.8, 4) is 11.5 Å². The quantitative estimate of drug-likeness (QED) is 0.729. The molecule has 0 bridgehead atoms. The van der Waals surface area contributed by atoms with Gasteiger partial charge in [-0.2, -0.15) is 0 Å². The number of carbonyl (C=O) groups is 1. The lowest BCUT2D eigenvalue weighted by molar-refractivity contribution is 0.243. The van der Waals surface area contributed by atoms with Gasteiger partial charge in [0.1, 0.15) is 11.5 Å². The topological polar surface area (TPSA) is 66.1 Å². The van der Waals surface area contributed by atoms with Gasteiger partial charge in [0, 0.05) is 50.2 Å². The Morgan fingerprint density at radius 3 is 2.00 bits per heavy atom. The number of benzene rings is 2. The standard InChI is InChI=1S/C21H30N4O3/c1-24(2)17-9-7-15(8-10-17)20(25(3)4)14-22-21(26)23-16-11-18(27-5)13-19(12-16)28-6/h7-13,20H,14H2,1-6H3,(H2,22,23,26)/t20-/m0/s1. The largest absolute Gasteiger partial charge is 0.497 e. The molecule has 0 saturated carbocycles. The molecule has 0 heterocycles. The first-order valence-corrected chi connectivity index (χ1v) is 9.05. The molecule has 2 rings (SSSR count). The molecule has 0 spiro atoms. The van der Waals surface area contributed by atoms with Crippen molar-refractivity contribution in [1.29, 1.82) is 0 Å². The van der Waals surface area contributed by atoms with Crippen molar-refractivity contribution in [2.24, 2.45) is 0 Å². The fourth-order valence-electron chi connectivity index (χ4n) is 2.84. The third-order valence-electron chi connectivity index (χ3n) is 4.48. The molecule has 7 heteroatoms. The van der Waals surface area contributed by atoms with Crippen LogP contribution in [0.15, 0.2) is 42.5 Å². The molecule has 0 saturated heterocycles. The third-order valence-corrected chi connectivity index (χ3v) is 4.48. The Morgan fingerprint density at radius 1 is 0.964 bits per heavy atom. The van der Waals surface area contributed by atoms with Crippen molar-refractivity contribution >= 4 is 17.4 Å². The Labute approximate surface area is 167 Å². The predicted molar refractivity (Wildman–Crippen MR) is 114 cm³/mol. The van der Waals surface area contributed by atoms with Crippen LogP contribution >= 0.6 is 0 Å². The summed E-state index contributed by atoms with van der Waals surface area (Å²) in [6.45, 7) is 0.473. The number of likely N-dealkylation sites (N-methyl/N-ethyl adjacent to an activating group) is 1. The molecule has 2 aromatic carbocycles. The molecule has 2 aromatic rings. The van der Waals surface area contributed by atoms with Crippen LogP contribution in [0.5, 0.6) is 11.5 Å². The Hall–Kier alpha value is -2.93. The lowest BCUT2D eigenvalue weighted by Gasteiger charge is -2.26. The van der Waals surface area contributed by atoms with Crippen molar-refractivity contribution in [3.05, 3.63) is 48.0 Å². The van der Waals surface area contributed by atoms with Gasteiger partial charge in [-0.25, -0.2) is 4.79 Å². The van der Waals surface area contributed by atoms with E-state index in [1.807, 2.05) is 28.2 Å². The van der Waals surface area contributed by atoms with E-state index in [2.05, 4.69) is 44.7 Å². The summed E-state index contributed by atoms with van der Waals surface area (Å²) in [5.74, 6) is 1.23. The van der Waals surface area contributed by atoms with E-state index in [-0.39, 0.29) is 12.1 Å². The molecule has 0 aromatic heterocycles. The number of urea groups is 1. The molecule has 2 amide bonds. The summed E-state index contributed by atoms with van der Waals surface area (Å²) >= 11 is 0. The Morgan fingerprint density at radius 2 is 1.54 bits per heavy atom. The highest BCUT2D eigenvalue weighted by atomic mass is 16.5. The molecule has 1 atom stereocenters. The summed E-state index contributed by atoms with van der Waals surface area (Å²) in [7, 11) is 11.2. The molecule has 28 heavy (non-hydrogen) atoms. The van der Waals surface area contributed by atoms with E-state index < -0.39 is 0 Å². The number of ether oxygens (including phenoxy) is 2. The van der Waals surface area contributed by atoms with Crippen LogP contribution in [0, 0.1) is 0 Å².